The molecule has 1 aliphatic rings. The van der Waals surface area contributed by atoms with Crippen LogP contribution in [0.3, 0.4) is 0 Å². The predicted octanol–water partition coefficient (Wildman–Crippen LogP) is -2.01. The van der Waals surface area contributed by atoms with Crippen LogP contribution >= 0.6 is 0 Å². The maximum absolute atomic E-state index is 14.3. The van der Waals surface area contributed by atoms with Gasteiger partial charge in [0.1, 0.15) is 72.5 Å². The minimum atomic E-state index is -1.72. The van der Waals surface area contributed by atoms with Crippen molar-refractivity contribution in [3.05, 3.63) is 35.9 Å². The molecule has 0 bridgehead atoms. The molecule has 0 aromatic heterocycles. The Hall–Kier alpha value is -7.91. The molecule has 14 atom stereocenters. The van der Waals surface area contributed by atoms with E-state index in [0.717, 1.165) is 5.56 Å². The summed E-state index contributed by atoms with van der Waals surface area (Å²) in [5.41, 5.74) is 30.0. The van der Waals surface area contributed by atoms with Gasteiger partial charge in [0.2, 0.25) is 76.8 Å². The first kappa shape index (κ1) is 91.2. The highest BCUT2D eigenvalue weighted by atomic mass is 16.3. The number of amides is 13. The van der Waals surface area contributed by atoms with E-state index in [1.807, 2.05) is 85.7 Å². The van der Waals surface area contributed by atoms with Crippen LogP contribution in [0.1, 0.15) is 184 Å². The van der Waals surface area contributed by atoms with Gasteiger partial charge in [0.25, 0.3) is 0 Å². The third-order valence-corrected chi connectivity index (χ3v) is 17.8. The average molecular weight is 1460 g/mol. The largest absolute Gasteiger partial charge is 0.394 e. The third kappa shape index (κ3) is 33.2. The smallest absolute Gasteiger partial charge is 0.245 e. The standard InChI is InChI=1S/C71H125N17O15/c1-12-44(10)58(87-66(98)53(35-42(6)7)83-69(101)57-28-22-32-88(57)71(103)54(36-43(8)9)84-61(93)47(75)37-46-23-14-13-15-24-46)70(102)77-45(11)60(92)85-55(38-89)67(99)79-48(25-16-19-29-72)62(94)78-50(27-18-21-31-74)64(96)86-56(39-90)68(100)80-49(26-17-20-30-73)63(95)82-52(34-41(4)5)65(97)81-51(59(76)91)33-40(2)3/h13-15,23-24,40-45,47-58,89-90H,12,16-22,25-39,72-75H2,1-11H3,(H2,76,91)(H,77,102)(H,78,94)(H,79,99)(H,80,100)(H,81,97)(H,82,95)(H,83,101)(H,84,93)(H,85,92)(H,86,96)(H,87,98)/t44-,45-,47-,48-,49-,50-,51-,52-,53-,54-,55-,56-,57-,58-/m0/s1. The number of rotatable bonds is 50. The molecule has 1 aromatic carbocycles. The first-order chi connectivity index (χ1) is 48.7. The molecule has 0 radical (unpaired) electrons. The summed E-state index contributed by atoms with van der Waals surface area (Å²) in [5.74, 6) is -11.0. The molecular weight excluding hydrogens is 1330 g/mol. The Labute approximate surface area is 607 Å². The van der Waals surface area contributed by atoms with Crippen molar-refractivity contribution in [1.82, 2.24) is 63.4 Å². The van der Waals surface area contributed by atoms with Gasteiger partial charge in [0.05, 0.1) is 19.3 Å². The molecule has 23 N–H and O–H groups in total. The van der Waals surface area contributed by atoms with Gasteiger partial charge in [-0.15, -0.1) is 0 Å². The number of primary amides is 1. The fourth-order valence-corrected chi connectivity index (χ4v) is 11.8. The maximum Gasteiger partial charge on any atom is 0.245 e. The molecule has 1 fully saturated rings. The number of nitrogens with one attached hydrogen (secondary N) is 11. The van der Waals surface area contributed by atoms with Crippen LogP contribution in [0.15, 0.2) is 30.3 Å². The number of aliphatic hydroxyl groups excluding tert-OH is 2. The summed E-state index contributed by atoms with van der Waals surface area (Å²) in [5, 5.41) is 49.9. The molecule has 1 aromatic rings. The molecule has 1 saturated heterocycles. The van der Waals surface area contributed by atoms with Gasteiger partial charge in [-0.05, 0) is 164 Å². The van der Waals surface area contributed by atoms with E-state index in [1.165, 1.54) is 11.8 Å². The van der Waals surface area contributed by atoms with Crippen molar-refractivity contribution >= 4 is 76.8 Å². The summed E-state index contributed by atoms with van der Waals surface area (Å²) in [6, 6.07) is -7.31. The van der Waals surface area contributed by atoms with Gasteiger partial charge in [-0.25, -0.2) is 0 Å². The second-order valence-corrected chi connectivity index (χ2v) is 28.8. The Morgan fingerprint density at radius 1 is 0.447 bits per heavy atom. The second kappa shape index (κ2) is 48.2. The maximum atomic E-state index is 14.3. The molecule has 0 aliphatic carbocycles. The van der Waals surface area contributed by atoms with Crippen LogP contribution in [0.4, 0.5) is 0 Å². The van der Waals surface area contributed by atoms with Crippen LogP contribution in [0.25, 0.3) is 0 Å². The highest BCUT2D eigenvalue weighted by molar-refractivity contribution is 6.00. The van der Waals surface area contributed by atoms with Gasteiger partial charge in [-0.3, -0.25) is 62.3 Å². The monoisotopic (exact) mass is 1460 g/mol. The number of carbonyl (C=O) groups is 13. The zero-order valence-corrected chi connectivity index (χ0v) is 62.6. The first-order valence-electron chi connectivity index (χ1n) is 36.7. The van der Waals surface area contributed by atoms with E-state index in [4.69, 9.17) is 28.7 Å². The molecule has 1 heterocycles. The number of aliphatic hydroxyl groups is 2. The summed E-state index contributed by atoms with van der Waals surface area (Å²) in [4.78, 5) is 182. The van der Waals surface area contributed by atoms with Crippen LogP contribution in [0.5, 0.6) is 0 Å². The summed E-state index contributed by atoms with van der Waals surface area (Å²) in [7, 11) is 0. The Morgan fingerprint density at radius 3 is 1.24 bits per heavy atom. The van der Waals surface area contributed by atoms with Crippen molar-refractivity contribution in [3.8, 4) is 0 Å². The van der Waals surface area contributed by atoms with E-state index >= 15 is 0 Å². The number of nitrogens with zero attached hydrogens (tertiary/aromatic N) is 1. The van der Waals surface area contributed by atoms with Crippen molar-refractivity contribution in [3.63, 3.8) is 0 Å². The van der Waals surface area contributed by atoms with E-state index in [1.54, 1.807) is 13.8 Å². The molecule has 0 spiro atoms. The van der Waals surface area contributed by atoms with Crippen molar-refractivity contribution < 1.29 is 72.5 Å². The Kier molecular flexibility index (Phi) is 42.6. The molecular formula is C71H125N17O15. The van der Waals surface area contributed by atoms with E-state index in [-0.39, 0.29) is 120 Å². The molecule has 2 rings (SSSR count). The molecule has 0 saturated carbocycles. The molecule has 1 aliphatic heterocycles. The minimum absolute atomic E-state index is 0.0116. The Bertz CT molecular complexity index is 2870. The van der Waals surface area contributed by atoms with E-state index in [0.29, 0.717) is 38.5 Å². The number of benzene rings is 1. The lowest BCUT2D eigenvalue weighted by Gasteiger charge is -2.32. The zero-order chi connectivity index (χ0) is 77.6. The lowest BCUT2D eigenvalue weighted by Crippen LogP contribution is -2.61. The van der Waals surface area contributed by atoms with Crippen molar-refractivity contribution in [2.24, 2.45) is 58.3 Å². The van der Waals surface area contributed by atoms with Crippen LogP contribution in [-0.4, -0.2) is 210 Å². The molecule has 0 unspecified atom stereocenters. The zero-order valence-electron chi connectivity index (χ0n) is 62.6. The number of likely N-dealkylation sites (tertiary alicyclic amines) is 1. The molecule has 32 heteroatoms. The van der Waals surface area contributed by atoms with Gasteiger partial charge in [0.15, 0.2) is 0 Å². The van der Waals surface area contributed by atoms with E-state index in [9.17, 15) is 72.5 Å². The normalized spacial score (nSPS) is 16.7. The Balaban J connectivity index is 2.31. The highest BCUT2D eigenvalue weighted by Crippen LogP contribution is 2.23. The van der Waals surface area contributed by atoms with E-state index in [2.05, 4.69) is 58.5 Å². The van der Waals surface area contributed by atoms with Crippen LogP contribution in [0.2, 0.25) is 0 Å². The summed E-state index contributed by atoms with van der Waals surface area (Å²) in [6.07, 6.45) is 4.15. The molecule has 32 nitrogen and oxygen atoms in total. The highest BCUT2D eigenvalue weighted by Gasteiger charge is 2.41. The second-order valence-electron chi connectivity index (χ2n) is 28.8. The average Bonchev–Trinajstić information content (AvgIpc) is 1.75. The number of unbranched alkanes of at least 4 members (excludes halogenated alkanes) is 3. The van der Waals surface area contributed by atoms with Gasteiger partial charge < -0.3 is 102 Å². The van der Waals surface area contributed by atoms with Crippen LogP contribution in [-0.2, 0) is 68.7 Å². The van der Waals surface area contributed by atoms with Gasteiger partial charge in [-0.2, -0.15) is 0 Å². The lowest BCUT2D eigenvalue weighted by atomic mass is 9.96. The summed E-state index contributed by atoms with van der Waals surface area (Å²) in [6.45, 7) is 18.5. The number of nitrogens with two attached hydrogens (primary N) is 5. The quantitative estimate of drug-likeness (QED) is 0.0313. The molecule has 13 amide bonds. The molecule has 103 heavy (non-hydrogen) atoms. The third-order valence-electron chi connectivity index (χ3n) is 17.8. The van der Waals surface area contributed by atoms with Gasteiger partial charge in [0, 0.05) is 6.54 Å². The SMILES string of the molecule is CC[C@H](C)[C@H](NC(=O)[C@H](CC(C)C)NC(=O)[C@@H]1CCCN1C(=O)[C@H](CC(C)C)NC(=O)[C@@H](N)Cc1ccccc1)C(=O)N[C@@H](C)C(=O)N[C@@H](CO)C(=O)N[C@@H](CCCCN)C(=O)N[C@@H](CCCCN)C(=O)N[C@@H](CO)C(=O)N[C@@H](CCCCN)C(=O)N[C@@H](CC(C)C)C(=O)N[C@@H](CC(C)C)C(N)=O. The van der Waals surface area contributed by atoms with E-state index < -0.39 is 174 Å². The molecule has 584 valence electrons. The first-order valence-corrected chi connectivity index (χ1v) is 36.7. The van der Waals surface area contributed by atoms with Crippen molar-refractivity contribution in [1.29, 1.82) is 0 Å². The number of hydrogen-bond donors (Lipinski definition) is 18. The Morgan fingerprint density at radius 2 is 0.816 bits per heavy atom. The van der Waals surface area contributed by atoms with Gasteiger partial charge in [-0.1, -0.05) is 106 Å². The van der Waals surface area contributed by atoms with Crippen LogP contribution < -0.4 is 87.2 Å². The lowest BCUT2D eigenvalue weighted by molar-refractivity contribution is -0.142. The fraction of sp³-hybridized carbons (Fsp3) is 0.732. The summed E-state index contributed by atoms with van der Waals surface area (Å²) < 4.78 is 0. The minimum Gasteiger partial charge on any atom is -0.394 e. The number of hydrogen-bond acceptors (Lipinski definition) is 19. The fourth-order valence-electron chi connectivity index (χ4n) is 11.8. The number of carbonyl (C=O) groups excluding carboxylic acids is 13. The van der Waals surface area contributed by atoms with Crippen LogP contribution in [0, 0.1) is 29.6 Å². The summed E-state index contributed by atoms with van der Waals surface area (Å²) >= 11 is 0. The predicted molar refractivity (Wildman–Crippen MR) is 389 cm³/mol. The topological polar surface area (TPSA) is 528 Å². The van der Waals surface area contributed by atoms with Crippen molar-refractivity contribution in [2.75, 3.05) is 39.4 Å². The van der Waals surface area contributed by atoms with Crippen molar-refractivity contribution in [2.45, 2.75) is 264 Å². The van der Waals surface area contributed by atoms with Gasteiger partial charge >= 0.3 is 0 Å².